The Morgan fingerprint density at radius 1 is 1.58 bits per heavy atom. The van der Waals surface area contributed by atoms with Crippen LogP contribution in [0.1, 0.15) is 5.56 Å². The number of fused-ring (bicyclic) bond motifs is 1. The molecule has 0 saturated carbocycles. The van der Waals surface area contributed by atoms with E-state index in [2.05, 4.69) is 15.3 Å². The van der Waals surface area contributed by atoms with Crippen LogP contribution >= 0.6 is 0 Å². The summed E-state index contributed by atoms with van der Waals surface area (Å²) in [5.74, 6) is 0.615. The van der Waals surface area contributed by atoms with Crippen molar-refractivity contribution >= 4 is 11.9 Å². The third-order valence-electron chi connectivity index (χ3n) is 1.71. The van der Waals surface area contributed by atoms with Crippen LogP contribution in [0.15, 0.2) is 17.3 Å². The molecule has 0 aromatic carbocycles. The average molecular weight is 163 g/mol. The quantitative estimate of drug-likeness (QED) is 0.668. The molecule has 2 heterocycles. The summed E-state index contributed by atoms with van der Waals surface area (Å²) >= 11 is 0. The Labute approximate surface area is 70.3 Å². The lowest BCUT2D eigenvalue weighted by atomic mass is 10.2. The fourth-order valence-corrected chi connectivity index (χ4v) is 1.09. The molecular formula is C8H9N3O. The van der Waals surface area contributed by atoms with Crippen molar-refractivity contribution in [2.24, 2.45) is 4.99 Å². The molecule has 62 valence electrons. The van der Waals surface area contributed by atoms with Gasteiger partial charge in [0.2, 0.25) is 5.88 Å². The highest BCUT2D eigenvalue weighted by molar-refractivity contribution is 5.89. The number of ether oxygens (including phenoxy) is 1. The highest BCUT2D eigenvalue weighted by atomic mass is 16.5. The van der Waals surface area contributed by atoms with Gasteiger partial charge in [0, 0.05) is 17.8 Å². The molecule has 0 fully saturated rings. The van der Waals surface area contributed by atoms with Gasteiger partial charge in [-0.1, -0.05) is 0 Å². The Balaban J connectivity index is 2.44. The van der Waals surface area contributed by atoms with E-state index in [4.69, 9.17) is 4.74 Å². The van der Waals surface area contributed by atoms with Crippen molar-refractivity contribution in [3.05, 3.63) is 17.8 Å². The van der Waals surface area contributed by atoms with Crippen LogP contribution in [0, 0.1) is 0 Å². The first-order valence-electron chi connectivity index (χ1n) is 3.68. The summed E-state index contributed by atoms with van der Waals surface area (Å²) in [6, 6.07) is 1.85. The third-order valence-corrected chi connectivity index (χ3v) is 1.71. The van der Waals surface area contributed by atoms with Crippen molar-refractivity contribution in [2.45, 2.75) is 0 Å². The summed E-state index contributed by atoms with van der Waals surface area (Å²) < 4.78 is 4.98. The predicted molar refractivity (Wildman–Crippen MR) is 46.9 cm³/mol. The van der Waals surface area contributed by atoms with Crippen LogP contribution in [0.4, 0.5) is 5.69 Å². The maximum Gasteiger partial charge on any atom is 0.213 e. The van der Waals surface area contributed by atoms with E-state index in [9.17, 15) is 0 Å². The highest BCUT2D eigenvalue weighted by Crippen LogP contribution is 2.18. The topological polar surface area (TPSA) is 46.5 Å². The van der Waals surface area contributed by atoms with Gasteiger partial charge in [-0.05, 0) is 0 Å². The summed E-state index contributed by atoms with van der Waals surface area (Å²) in [6.45, 7) is 0.626. The molecule has 0 aliphatic carbocycles. The van der Waals surface area contributed by atoms with Crippen LogP contribution in [0.2, 0.25) is 0 Å². The molecule has 4 heteroatoms. The average Bonchev–Trinajstić information content (AvgIpc) is 2.17. The first-order chi connectivity index (χ1) is 5.90. The fraction of sp³-hybridized carbons (Fsp3) is 0.250. The molecule has 1 aliphatic rings. The molecule has 4 nitrogen and oxygen atoms in total. The number of methoxy groups -OCH3 is 1. The summed E-state index contributed by atoms with van der Waals surface area (Å²) in [5.41, 5.74) is 2.03. The Morgan fingerprint density at radius 3 is 3.33 bits per heavy atom. The second kappa shape index (κ2) is 2.81. The first kappa shape index (κ1) is 7.09. The van der Waals surface area contributed by atoms with E-state index in [0.717, 1.165) is 11.3 Å². The molecule has 0 spiro atoms. The predicted octanol–water partition coefficient (Wildman–Crippen LogP) is 0.892. The Morgan fingerprint density at radius 2 is 2.50 bits per heavy atom. The van der Waals surface area contributed by atoms with Gasteiger partial charge in [-0.15, -0.1) is 0 Å². The Hall–Kier alpha value is -1.58. The second-order valence-electron chi connectivity index (χ2n) is 2.46. The molecule has 1 aliphatic heterocycles. The molecule has 12 heavy (non-hydrogen) atoms. The highest BCUT2D eigenvalue weighted by Gasteiger charge is 2.05. The van der Waals surface area contributed by atoms with Gasteiger partial charge in [-0.25, -0.2) is 4.98 Å². The molecule has 0 saturated heterocycles. The molecule has 0 amide bonds. The van der Waals surface area contributed by atoms with Crippen LogP contribution in [-0.4, -0.2) is 25.0 Å². The third kappa shape index (κ3) is 1.11. The van der Waals surface area contributed by atoms with Gasteiger partial charge in [0.05, 0.1) is 19.0 Å². The molecule has 0 unspecified atom stereocenters. The van der Waals surface area contributed by atoms with Gasteiger partial charge in [0.15, 0.2) is 0 Å². The SMILES string of the molecule is COc1cc2c(cn1)NCN=C2. The van der Waals surface area contributed by atoms with Gasteiger partial charge in [-0.2, -0.15) is 0 Å². The van der Waals surface area contributed by atoms with E-state index in [1.807, 2.05) is 12.3 Å². The lowest BCUT2D eigenvalue weighted by Crippen LogP contribution is -2.08. The largest absolute Gasteiger partial charge is 0.481 e. The number of pyridine rings is 1. The molecule has 0 radical (unpaired) electrons. The van der Waals surface area contributed by atoms with Crippen molar-refractivity contribution < 1.29 is 4.74 Å². The number of hydrogen-bond donors (Lipinski definition) is 1. The molecule has 1 N–H and O–H groups in total. The normalized spacial score (nSPS) is 13.4. The van der Waals surface area contributed by atoms with E-state index in [0.29, 0.717) is 12.5 Å². The standard InChI is InChI=1S/C8H9N3O/c1-12-8-2-6-3-9-5-11-7(6)4-10-8/h2-4,11H,5H2,1H3. The van der Waals surface area contributed by atoms with E-state index < -0.39 is 0 Å². The smallest absolute Gasteiger partial charge is 0.213 e. The lowest BCUT2D eigenvalue weighted by Gasteiger charge is -2.11. The number of nitrogens with one attached hydrogen (secondary N) is 1. The van der Waals surface area contributed by atoms with E-state index in [1.165, 1.54) is 0 Å². The minimum Gasteiger partial charge on any atom is -0.481 e. The summed E-state index contributed by atoms with van der Waals surface area (Å²) in [4.78, 5) is 8.14. The number of hydrogen-bond acceptors (Lipinski definition) is 4. The number of rotatable bonds is 1. The second-order valence-corrected chi connectivity index (χ2v) is 2.46. The summed E-state index contributed by atoms with van der Waals surface area (Å²) in [6.07, 6.45) is 3.56. The van der Waals surface area contributed by atoms with Gasteiger partial charge in [-0.3, -0.25) is 4.99 Å². The van der Waals surface area contributed by atoms with Crippen molar-refractivity contribution in [1.82, 2.24) is 4.98 Å². The molecule has 0 atom stereocenters. The van der Waals surface area contributed by atoms with Crippen LogP contribution in [0.5, 0.6) is 5.88 Å². The maximum atomic E-state index is 4.98. The van der Waals surface area contributed by atoms with Crippen molar-refractivity contribution in [3.8, 4) is 5.88 Å². The van der Waals surface area contributed by atoms with E-state index in [-0.39, 0.29) is 0 Å². The number of anilines is 1. The van der Waals surface area contributed by atoms with Crippen molar-refractivity contribution in [1.29, 1.82) is 0 Å². The maximum absolute atomic E-state index is 4.98. The Kier molecular flexibility index (Phi) is 1.66. The van der Waals surface area contributed by atoms with Gasteiger partial charge in [0.25, 0.3) is 0 Å². The Bertz CT molecular complexity index is 322. The molecule has 2 rings (SSSR count). The fourth-order valence-electron chi connectivity index (χ4n) is 1.09. The van der Waals surface area contributed by atoms with Crippen LogP contribution < -0.4 is 10.1 Å². The minimum absolute atomic E-state index is 0.615. The molecular weight excluding hydrogens is 154 g/mol. The molecule has 1 aromatic heterocycles. The van der Waals surface area contributed by atoms with Crippen LogP contribution in [-0.2, 0) is 0 Å². The monoisotopic (exact) mass is 163 g/mol. The van der Waals surface area contributed by atoms with Gasteiger partial charge < -0.3 is 10.1 Å². The lowest BCUT2D eigenvalue weighted by molar-refractivity contribution is 0.398. The summed E-state index contributed by atoms with van der Waals surface area (Å²) in [7, 11) is 1.60. The van der Waals surface area contributed by atoms with E-state index >= 15 is 0 Å². The number of aromatic nitrogens is 1. The summed E-state index contributed by atoms with van der Waals surface area (Å²) in [5, 5.41) is 3.10. The zero-order chi connectivity index (χ0) is 8.39. The molecule has 1 aromatic rings. The van der Waals surface area contributed by atoms with Crippen LogP contribution in [0.25, 0.3) is 0 Å². The van der Waals surface area contributed by atoms with Gasteiger partial charge in [0.1, 0.15) is 6.67 Å². The van der Waals surface area contributed by atoms with Crippen molar-refractivity contribution in [3.63, 3.8) is 0 Å². The first-order valence-corrected chi connectivity index (χ1v) is 3.68. The van der Waals surface area contributed by atoms with Crippen LogP contribution in [0.3, 0.4) is 0 Å². The minimum atomic E-state index is 0.615. The van der Waals surface area contributed by atoms with Gasteiger partial charge >= 0.3 is 0 Å². The number of aliphatic imine (C=N–C) groups is 1. The zero-order valence-corrected chi connectivity index (χ0v) is 6.74. The van der Waals surface area contributed by atoms with Crippen molar-refractivity contribution in [2.75, 3.05) is 19.1 Å². The zero-order valence-electron chi connectivity index (χ0n) is 6.74. The van der Waals surface area contributed by atoms with E-state index in [1.54, 1.807) is 13.3 Å². The molecule has 0 bridgehead atoms. The number of nitrogens with zero attached hydrogens (tertiary/aromatic N) is 2.